The van der Waals surface area contributed by atoms with E-state index in [1.807, 2.05) is 85.2 Å². The van der Waals surface area contributed by atoms with Gasteiger partial charge in [0.15, 0.2) is 0 Å². The summed E-state index contributed by atoms with van der Waals surface area (Å²) in [5.41, 5.74) is 3.92. The van der Waals surface area contributed by atoms with Gasteiger partial charge in [-0.3, -0.25) is 9.59 Å². The van der Waals surface area contributed by atoms with Gasteiger partial charge in [0.1, 0.15) is 5.41 Å². The number of nitrogens with one attached hydrogen (secondary N) is 2. The number of anilines is 1. The molecule has 156 valence electrons. The second kappa shape index (κ2) is 6.69. The second-order valence-electron chi connectivity index (χ2n) is 8.15. The number of carbonyl (C=O) groups is 2. The van der Waals surface area contributed by atoms with E-state index in [4.69, 9.17) is 0 Å². The molecule has 0 aliphatic carbocycles. The predicted octanol–water partition coefficient (Wildman–Crippen LogP) is 5.27. The molecule has 2 N–H and O–H groups in total. The molecule has 0 radical (unpaired) electrons. The van der Waals surface area contributed by atoms with Crippen LogP contribution in [0.5, 0.6) is 0 Å². The molecular weight excluding hydrogens is 398 g/mol. The Morgan fingerprint density at radius 2 is 1.31 bits per heavy atom. The van der Waals surface area contributed by atoms with Crippen LogP contribution in [0.15, 0.2) is 85.2 Å². The van der Waals surface area contributed by atoms with Gasteiger partial charge in [0.25, 0.3) is 5.91 Å². The standard InChI is InChI=1S/C27H21N3O2/c1-2-25(31)30-24-14-8-5-11-19(24)27(26(30)32,20-15-28-22-12-6-3-9-17(20)22)21-16-29-23-13-7-4-10-18(21)23/h3-16,28-29H,2H2,1H3. The first-order valence-corrected chi connectivity index (χ1v) is 10.8. The van der Waals surface area contributed by atoms with E-state index < -0.39 is 5.41 Å². The van der Waals surface area contributed by atoms with Crippen molar-refractivity contribution in [1.82, 2.24) is 9.97 Å². The molecule has 0 saturated heterocycles. The van der Waals surface area contributed by atoms with Gasteiger partial charge in [-0.05, 0) is 18.2 Å². The van der Waals surface area contributed by atoms with Gasteiger partial charge in [0, 0.05) is 57.3 Å². The number of H-pyrrole nitrogens is 2. The van der Waals surface area contributed by atoms with Crippen LogP contribution in [0.25, 0.3) is 21.8 Å². The number of aromatic amines is 2. The Balaban J connectivity index is 1.79. The molecule has 5 aromatic rings. The van der Waals surface area contributed by atoms with Crippen LogP contribution >= 0.6 is 0 Å². The first-order chi connectivity index (χ1) is 15.7. The van der Waals surface area contributed by atoms with Crippen LogP contribution in [0, 0.1) is 0 Å². The lowest BCUT2D eigenvalue weighted by molar-refractivity contribution is -0.127. The quantitative estimate of drug-likeness (QED) is 0.418. The molecule has 0 saturated carbocycles. The number of para-hydroxylation sites is 3. The molecule has 32 heavy (non-hydrogen) atoms. The Kier molecular flexibility index (Phi) is 3.89. The van der Waals surface area contributed by atoms with E-state index >= 15 is 0 Å². The summed E-state index contributed by atoms with van der Waals surface area (Å²) in [5.74, 6) is -0.441. The van der Waals surface area contributed by atoms with Crippen molar-refractivity contribution in [1.29, 1.82) is 0 Å². The average Bonchev–Trinajstić information content (AvgIpc) is 3.52. The summed E-state index contributed by atoms with van der Waals surface area (Å²) in [6, 6.07) is 23.6. The monoisotopic (exact) mass is 419 g/mol. The summed E-state index contributed by atoms with van der Waals surface area (Å²) in [6.45, 7) is 1.79. The number of aromatic nitrogens is 2. The van der Waals surface area contributed by atoms with Crippen molar-refractivity contribution in [3.63, 3.8) is 0 Å². The van der Waals surface area contributed by atoms with Gasteiger partial charge in [-0.1, -0.05) is 61.5 Å². The molecular formula is C27H21N3O2. The maximum atomic E-state index is 14.4. The van der Waals surface area contributed by atoms with Crippen LogP contribution in [0.4, 0.5) is 5.69 Å². The molecule has 0 unspecified atom stereocenters. The second-order valence-corrected chi connectivity index (χ2v) is 8.15. The van der Waals surface area contributed by atoms with Gasteiger partial charge in [-0.15, -0.1) is 0 Å². The predicted molar refractivity (Wildman–Crippen MR) is 126 cm³/mol. The average molecular weight is 419 g/mol. The van der Waals surface area contributed by atoms with Crippen LogP contribution in [0.1, 0.15) is 30.0 Å². The van der Waals surface area contributed by atoms with Gasteiger partial charge in [-0.25, -0.2) is 4.90 Å². The van der Waals surface area contributed by atoms with Crippen molar-refractivity contribution in [2.24, 2.45) is 0 Å². The summed E-state index contributed by atoms with van der Waals surface area (Å²) < 4.78 is 0. The highest BCUT2D eigenvalue weighted by molar-refractivity contribution is 6.27. The zero-order valence-electron chi connectivity index (χ0n) is 17.6. The number of amides is 2. The molecule has 0 atom stereocenters. The number of rotatable bonds is 3. The Morgan fingerprint density at radius 1 is 0.781 bits per heavy atom. The number of carbonyl (C=O) groups excluding carboxylic acids is 2. The Bertz CT molecular complexity index is 1450. The fourth-order valence-corrected chi connectivity index (χ4v) is 5.21. The molecule has 0 spiro atoms. The summed E-state index contributed by atoms with van der Waals surface area (Å²) in [7, 11) is 0. The lowest BCUT2D eigenvalue weighted by atomic mass is 9.70. The highest BCUT2D eigenvalue weighted by Gasteiger charge is 2.56. The highest BCUT2D eigenvalue weighted by atomic mass is 16.2. The molecule has 0 fully saturated rings. The number of imide groups is 1. The first-order valence-electron chi connectivity index (χ1n) is 10.8. The maximum Gasteiger partial charge on any atom is 0.253 e. The van der Waals surface area contributed by atoms with Crippen molar-refractivity contribution in [3.05, 3.63) is 102 Å². The van der Waals surface area contributed by atoms with E-state index in [0.29, 0.717) is 5.69 Å². The lowest BCUT2D eigenvalue weighted by Crippen LogP contribution is -2.44. The molecule has 0 bridgehead atoms. The molecule has 5 heteroatoms. The molecule has 5 nitrogen and oxygen atoms in total. The fourth-order valence-electron chi connectivity index (χ4n) is 5.21. The van der Waals surface area contributed by atoms with E-state index in [0.717, 1.165) is 38.5 Å². The molecule has 2 aromatic heterocycles. The summed E-state index contributed by atoms with van der Waals surface area (Å²) in [5, 5.41) is 1.93. The van der Waals surface area contributed by atoms with Crippen molar-refractivity contribution in [2.75, 3.05) is 4.90 Å². The minimum absolute atomic E-state index is 0.205. The zero-order chi connectivity index (χ0) is 21.9. The first kappa shape index (κ1) is 18.6. The SMILES string of the molecule is CCC(=O)N1C(=O)C(c2c[nH]c3ccccc23)(c2c[nH]c3ccccc23)c2ccccc21. The van der Waals surface area contributed by atoms with E-state index in [1.165, 1.54) is 4.90 Å². The number of hydrogen-bond donors (Lipinski definition) is 2. The van der Waals surface area contributed by atoms with E-state index in [2.05, 4.69) is 9.97 Å². The molecule has 1 aliphatic heterocycles. The van der Waals surface area contributed by atoms with E-state index in [-0.39, 0.29) is 18.2 Å². The fraction of sp³-hybridized carbons (Fsp3) is 0.111. The normalized spacial score (nSPS) is 14.9. The largest absolute Gasteiger partial charge is 0.361 e. The summed E-state index contributed by atoms with van der Waals surface area (Å²) >= 11 is 0. The van der Waals surface area contributed by atoms with Crippen LogP contribution in [-0.4, -0.2) is 21.8 Å². The number of benzene rings is 3. The Morgan fingerprint density at radius 3 is 1.91 bits per heavy atom. The molecule has 3 aromatic carbocycles. The molecule has 6 rings (SSSR count). The van der Waals surface area contributed by atoms with Crippen LogP contribution < -0.4 is 4.90 Å². The number of hydrogen-bond acceptors (Lipinski definition) is 2. The topological polar surface area (TPSA) is 69.0 Å². The summed E-state index contributed by atoms with van der Waals surface area (Å²) in [4.78, 5) is 35.5. The van der Waals surface area contributed by atoms with Gasteiger partial charge in [0.05, 0.1) is 5.69 Å². The Hall–Kier alpha value is -4.12. The third-order valence-electron chi connectivity index (χ3n) is 6.61. The third-order valence-corrected chi connectivity index (χ3v) is 6.61. The summed E-state index contributed by atoms with van der Waals surface area (Å²) in [6.07, 6.45) is 4.08. The number of fused-ring (bicyclic) bond motifs is 3. The molecule has 2 amide bonds. The minimum Gasteiger partial charge on any atom is -0.361 e. The van der Waals surface area contributed by atoms with Crippen LogP contribution in [0.3, 0.4) is 0 Å². The van der Waals surface area contributed by atoms with E-state index in [9.17, 15) is 9.59 Å². The van der Waals surface area contributed by atoms with Crippen molar-refractivity contribution in [2.45, 2.75) is 18.8 Å². The number of nitrogens with zero attached hydrogens (tertiary/aromatic N) is 1. The van der Waals surface area contributed by atoms with Crippen molar-refractivity contribution in [3.8, 4) is 0 Å². The van der Waals surface area contributed by atoms with Crippen molar-refractivity contribution >= 4 is 39.3 Å². The van der Waals surface area contributed by atoms with Gasteiger partial charge in [0.2, 0.25) is 5.91 Å². The van der Waals surface area contributed by atoms with E-state index in [1.54, 1.807) is 6.92 Å². The third kappa shape index (κ3) is 2.22. The molecule has 3 heterocycles. The minimum atomic E-state index is -1.15. The Labute approximate surface area is 184 Å². The van der Waals surface area contributed by atoms with Gasteiger partial charge >= 0.3 is 0 Å². The van der Waals surface area contributed by atoms with Gasteiger partial charge < -0.3 is 9.97 Å². The zero-order valence-corrected chi connectivity index (χ0v) is 17.6. The van der Waals surface area contributed by atoms with Crippen LogP contribution in [0.2, 0.25) is 0 Å². The van der Waals surface area contributed by atoms with Gasteiger partial charge in [-0.2, -0.15) is 0 Å². The van der Waals surface area contributed by atoms with Crippen molar-refractivity contribution < 1.29 is 9.59 Å². The maximum absolute atomic E-state index is 14.4. The highest BCUT2D eigenvalue weighted by Crippen LogP contribution is 2.53. The lowest BCUT2D eigenvalue weighted by Gasteiger charge is -2.28. The molecule has 1 aliphatic rings. The van der Waals surface area contributed by atoms with Crippen LogP contribution in [-0.2, 0) is 15.0 Å². The smallest absolute Gasteiger partial charge is 0.253 e.